The highest BCUT2D eigenvalue weighted by molar-refractivity contribution is 6.31. The minimum atomic E-state index is -0.615. The van der Waals surface area contributed by atoms with Gasteiger partial charge in [0.25, 0.3) is 0 Å². The molecule has 2 aromatic heterocycles. The molecule has 0 radical (unpaired) electrons. The summed E-state index contributed by atoms with van der Waals surface area (Å²) in [5.41, 5.74) is 4.58. The van der Waals surface area contributed by atoms with E-state index in [0.29, 0.717) is 22.0 Å². The Kier molecular flexibility index (Phi) is 6.57. The van der Waals surface area contributed by atoms with Gasteiger partial charge in [-0.1, -0.05) is 29.8 Å². The van der Waals surface area contributed by atoms with Crippen LogP contribution in [0.4, 0.5) is 0 Å². The molecule has 0 bridgehead atoms. The highest BCUT2D eigenvalue weighted by Crippen LogP contribution is 2.24. The van der Waals surface area contributed by atoms with Crippen LogP contribution >= 0.6 is 11.6 Å². The van der Waals surface area contributed by atoms with E-state index in [-0.39, 0.29) is 12.4 Å². The van der Waals surface area contributed by atoms with Gasteiger partial charge in [0.1, 0.15) is 5.15 Å². The highest BCUT2D eigenvalue weighted by atomic mass is 35.5. The smallest absolute Gasteiger partial charge is 0.331 e. The summed E-state index contributed by atoms with van der Waals surface area (Å²) in [4.78, 5) is 24.6. The van der Waals surface area contributed by atoms with Crippen LogP contribution < -0.4 is 0 Å². The molecule has 2 heterocycles. The van der Waals surface area contributed by atoms with Gasteiger partial charge >= 0.3 is 5.97 Å². The maximum absolute atomic E-state index is 12.4. The molecule has 6 nitrogen and oxygen atoms in total. The zero-order chi connectivity index (χ0) is 21.8. The summed E-state index contributed by atoms with van der Waals surface area (Å²) in [5, 5.41) is 4.82. The van der Waals surface area contributed by atoms with Crippen molar-refractivity contribution in [2.75, 3.05) is 6.61 Å². The number of aryl methyl sites for hydroxylation is 2. The fourth-order valence-electron chi connectivity index (χ4n) is 3.42. The van der Waals surface area contributed by atoms with Crippen molar-refractivity contribution in [3.8, 4) is 5.69 Å². The number of nitrogens with zero attached hydrogens (tertiary/aromatic N) is 3. The number of benzene rings is 1. The molecule has 156 valence electrons. The number of ketones is 1. The third-order valence-electron chi connectivity index (χ3n) is 4.97. The van der Waals surface area contributed by atoms with Crippen LogP contribution in [0.3, 0.4) is 0 Å². The van der Waals surface area contributed by atoms with Gasteiger partial charge in [-0.15, -0.1) is 0 Å². The molecule has 0 unspecified atom stereocenters. The number of ether oxygens (including phenoxy) is 1. The zero-order valence-corrected chi connectivity index (χ0v) is 18.2. The van der Waals surface area contributed by atoms with Crippen LogP contribution in [0, 0.1) is 20.8 Å². The number of hydrogen-bond donors (Lipinski definition) is 0. The van der Waals surface area contributed by atoms with E-state index in [0.717, 1.165) is 23.6 Å². The molecule has 0 aliphatic rings. The molecule has 0 aliphatic heterocycles. The quantitative estimate of drug-likeness (QED) is 0.312. The summed E-state index contributed by atoms with van der Waals surface area (Å²) in [6.07, 6.45) is 2.81. The Hall–Kier alpha value is -3.12. The second kappa shape index (κ2) is 9.13. The van der Waals surface area contributed by atoms with E-state index in [4.69, 9.17) is 16.3 Å². The van der Waals surface area contributed by atoms with Gasteiger partial charge < -0.3 is 9.30 Å². The van der Waals surface area contributed by atoms with E-state index in [9.17, 15) is 9.59 Å². The summed E-state index contributed by atoms with van der Waals surface area (Å²) in [5.74, 6) is -0.841. The van der Waals surface area contributed by atoms with Gasteiger partial charge in [0, 0.05) is 35.1 Å². The molecule has 7 heteroatoms. The molecule has 0 N–H and O–H groups in total. The van der Waals surface area contributed by atoms with Crippen molar-refractivity contribution in [1.82, 2.24) is 14.3 Å². The molecule has 0 amide bonds. The molecule has 3 rings (SSSR count). The average Bonchev–Trinajstić information content (AvgIpc) is 3.19. The van der Waals surface area contributed by atoms with Gasteiger partial charge in [-0.05, 0) is 52.0 Å². The lowest BCUT2D eigenvalue weighted by molar-refractivity contribution is -0.136. The summed E-state index contributed by atoms with van der Waals surface area (Å²) in [7, 11) is 0. The number of esters is 1. The molecule has 0 spiro atoms. The first-order valence-electron chi connectivity index (χ1n) is 9.68. The van der Waals surface area contributed by atoms with Crippen LogP contribution in [0.1, 0.15) is 39.9 Å². The first-order chi connectivity index (χ1) is 14.3. The normalized spacial score (nSPS) is 11.2. The van der Waals surface area contributed by atoms with Crippen molar-refractivity contribution in [2.45, 2.75) is 34.2 Å². The summed E-state index contributed by atoms with van der Waals surface area (Å²) in [6, 6.07) is 11.3. The Labute approximate surface area is 180 Å². The van der Waals surface area contributed by atoms with E-state index in [1.807, 2.05) is 68.7 Å². The number of aromatic nitrogens is 3. The van der Waals surface area contributed by atoms with Gasteiger partial charge in [0.05, 0.1) is 11.4 Å². The van der Waals surface area contributed by atoms with Gasteiger partial charge in [0.15, 0.2) is 6.61 Å². The van der Waals surface area contributed by atoms with Crippen molar-refractivity contribution in [2.24, 2.45) is 0 Å². The third kappa shape index (κ3) is 4.39. The number of hydrogen-bond acceptors (Lipinski definition) is 4. The van der Waals surface area contributed by atoms with Crippen LogP contribution in [0.25, 0.3) is 11.8 Å². The number of para-hydroxylation sites is 1. The van der Waals surface area contributed by atoms with Crippen molar-refractivity contribution in [3.63, 3.8) is 0 Å². The molecule has 0 fully saturated rings. The van der Waals surface area contributed by atoms with Crippen LogP contribution in [0.2, 0.25) is 5.15 Å². The lowest BCUT2D eigenvalue weighted by Crippen LogP contribution is -2.13. The maximum atomic E-state index is 12.4. The fourth-order valence-corrected chi connectivity index (χ4v) is 3.76. The second-order valence-corrected chi connectivity index (χ2v) is 7.29. The first kappa shape index (κ1) is 21.6. The lowest BCUT2D eigenvalue weighted by Gasteiger charge is -2.05. The highest BCUT2D eigenvalue weighted by Gasteiger charge is 2.17. The van der Waals surface area contributed by atoms with Gasteiger partial charge in [-0.2, -0.15) is 5.10 Å². The molecule has 30 heavy (non-hydrogen) atoms. The lowest BCUT2D eigenvalue weighted by atomic mass is 10.1. The SMILES string of the molecule is CCn1c(C)cc(C(=O)COC(=O)C=Cc2c(C)nn(-c3ccccc3)c2Cl)c1C. The molecular weight excluding hydrogens is 402 g/mol. The second-order valence-electron chi connectivity index (χ2n) is 6.93. The van der Waals surface area contributed by atoms with Gasteiger partial charge in [-0.25, -0.2) is 9.48 Å². The monoisotopic (exact) mass is 425 g/mol. The van der Waals surface area contributed by atoms with Crippen molar-refractivity contribution >= 4 is 29.4 Å². The molecule has 1 aromatic carbocycles. The Bertz CT molecular complexity index is 1110. The van der Waals surface area contributed by atoms with Gasteiger partial charge in [-0.3, -0.25) is 4.79 Å². The largest absolute Gasteiger partial charge is 0.454 e. The number of Topliss-reactive ketones (excluding diaryl/α,β-unsaturated/α-hetero) is 1. The van der Waals surface area contributed by atoms with E-state index < -0.39 is 5.97 Å². The summed E-state index contributed by atoms with van der Waals surface area (Å²) >= 11 is 6.44. The zero-order valence-electron chi connectivity index (χ0n) is 17.5. The van der Waals surface area contributed by atoms with E-state index in [1.165, 1.54) is 6.08 Å². The molecule has 0 aliphatic carbocycles. The van der Waals surface area contributed by atoms with Gasteiger partial charge in [0.2, 0.25) is 5.78 Å². The Balaban J connectivity index is 1.67. The Morgan fingerprint density at radius 2 is 1.87 bits per heavy atom. The van der Waals surface area contributed by atoms with Crippen LogP contribution in [0.15, 0.2) is 42.5 Å². The molecule has 0 saturated carbocycles. The predicted octanol–water partition coefficient (Wildman–Crippen LogP) is 4.71. The molecule has 0 saturated heterocycles. The van der Waals surface area contributed by atoms with Crippen LogP contribution in [0.5, 0.6) is 0 Å². The average molecular weight is 426 g/mol. The topological polar surface area (TPSA) is 66.1 Å². The molecule has 3 aromatic rings. The number of carbonyl (C=O) groups excluding carboxylic acids is 2. The van der Waals surface area contributed by atoms with Crippen molar-refractivity contribution in [1.29, 1.82) is 0 Å². The minimum Gasteiger partial charge on any atom is -0.454 e. The van der Waals surface area contributed by atoms with E-state index in [2.05, 4.69) is 5.10 Å². The number of carbonyl (C=O) groups is 2. The van der Waals surface area contributed by atoms with Crippen LogP contribution in [-0.2, 0) is 16.1 Å². The Morgan fingerprint density at radius 1 is 1.17 bits per heavy atom. The number of rotatable bonds is 7. The molecule has 0 atom stereocenters. The van der Waals surface area contributed by atoms with Crippen LogP contribution in [-0.4, -0.2) is 32.7 Å². The standard InChI is InChI=1S/C23H24ClN3O3/c1-5-26-15(2)13-20(17(26)4)21(28)14-30-22(29)12-11-19-16(3)25-27(23(19)24)18-9-7-6-8-10-18/h6-13H,5,14H2,1-4H3. The van der Waals surface area contributed by atoms with E-state index >= 15 is 0 Å². The molecular formula is C23H24ClN3O3. The third-order valence-corrected chi connectivity index (χ3v) is 5.33. The fraction of sp³-hybridized carbons (Fsp3) is 0.261. The van der Waals surface area contributed by atoms with E-state index in [1.54, 1.807) is 10.8 Å². The minimum absolute atomic E-state index is 0.226. The maximum Gasteiger partial charge on any atom is 0.331 e. The predicted molar refractivity (Wildman–Crippen MR) is 117 cm³/mol. The number of halogens is 1. The van der Waals surface area contributed by atoms with Crippen molar-refractivity contribution in [3.05, 3.63) is 75.8 Å². The Morgan fingerprint density at radius 3 is 2.50 bits per heavy atom. The summed E-state index contributed by atoms with van der Waals surface area (Å²) in [6.45, 7) is 8.14. The first-order valence-corrected chi connectivity index (χ1v) is 10.1. The van der Waals surface area contributed by atoms with Crippen molar-refractivity contribution < 1.29 is 14.3 Å². The summed E-state index contributed by atoms with van der Waals surface area (Å²) < 4.78 is 8.79.